The van der Waals surface area contributed by atoms with Crippen LogP contribution >= 0.6 is 11.8 Å². The molecule has 1 aromatic rings. The number of nitriles is 1. The van der Waals surface area contributed by atoms with Crippen LogP contribution in [0.4, 0.5) is 5.69 Å². The molecule has 0 heterocycles. The van der Waals surface area contributed by atoms with Crippen LogP contribution in [0.3, 0.4) is 0 Å². The van der Waals surface area contributed by atoms with Gasteiger partial charge in [-0.2, -0.15) is 5.26 Å². The molecule has 0 amide bonds. The summed E-state index contributed by atoms with van der Waals surface area (Å²) in [6.45, 7) is 4.71. The first kappa shape index (κ1) is 15.4. The first-order valence-electron chi connectivity index (χ1n) is 6.10. The Bertz CT molecular complexity index is 497. The van der Waals surface area contributed by atoms with Crippen LogP contribution in [0.5, 0.6) is 0 Å². The highest BCUT2D eigenvalue weighted by molar-refractivity contribution is 7.98. The van der Waals surface area contributed by atoms with Gasteiger partial charge in [0, 0.05) is 18.0 Å². The number of rotatable bonds is 6. The zero-order chi connectivity index (χ0) is 14.4. The smallest absolute Gasteiger partial charge is 0.308 e. The van der Waals surface area contributed by atoms with Crippen LogP contribution < -0.4 is 4.90 Å². The summed E-state index contributed by atoms with van der Waals surface area (Å²) in [5.41, 5.74) is 1.43. The second kappa shape index (κ2) is 7.05. The van der Waals surface area contributed by atoms with E-state index in [0.29, 0.717) is 18.7 Å². The Labute approximate surface area is 118 Å². The molecular weight excluding hydrogens is 260 g/mol. The molecule has 0 aliphatic rings. The molecule has 102 valence electrons. The van der Waals surface area contributed by atoms with E-state index in [9.17, 15) is 10.1 Å². The van der Waals surface area contributed by atoms with Gasteiger partial charge in [0.15, 0.2) is 0 Å². The zero-order valence-corrected chi connectivity index (χ0v) is 12.2. The number of hydrogen-bond acceptors (Lipinski definition) is 4. The molecule has 5 heteroatoms. The number of hydrogen-bond donors (Lipinski definition) is 1. The van der Waals surface area contributed by atoms with E-state index in [0.717, 1.165) is 10.6 Å². The summed E-state index contributed by atoms with van der Waals surface area (Å²) in [6.07, 6.45) is 1.93. The molecule has 0 saturated carbocycles. The van der Waals surface area contributed by atoms with Gasteiger partial charge in [0.1, 0.15) is 6.07 Å². The standard InChI is InChI=1S/C14H18N2O2S/c1-4-16(9-10(2)14(17)18)12-6-5-7-13(19-3)11(12)8-15/h5-7,10H,4,9H2,1-3H3,(H,17,18). The number of carboxylic acid groups (broad SMARTS) is 1. The predicted molar refractivity (Wildman–Crippen MR) is 77.6 cm³/mol. The Morgan fingerprint density at radius 3 is 2.74 bits per heavy atom. The minimum Gasteiger partial charge on any atom is -0.481 e. The molecule has 0 aliphatic carbocycles. The fourth-order valence-electron chi connectivity index (χ4n) is 1.87. The lowest BCUT2D eigenvalue weighted by Gasteiger charge is -2.26. The highest BCUT2D eigenvalue weighted by Gasteiger charge is 2.18. The zero-order valence-electron chi connectivity index (χ0n) is 11.4. The summed E-state index contributed by atoms with van der Waals surface area (Å²) < 4.78 is 0. The van der Waals surface area contributed by atoms with Crippen molar-refractivity contribution >= 4 is 23.4 Å². The van der Waals surface area contributed by atoms with Crippen LogP contribution in [0.2, 0.25) is 0 Å². The first-order valence-corrected chi connectivity index (χ1v) is 7.32. The van der Waals surface area contributed by atoms with Crippen LogP contribution in [0.15, 0.2) is 23.1 Å². The second-order valence-corrected chi connectivity index (χ2v) is 5.09. The summed E-state index contributed by atoms with van der Waals surface area (Å²) in [5.74, 6) is -1.29. The lowest BCUT2D eigenvalue weighted by atomic mass is 10.1. The van der Waals surface area contributed by atoms with Gasteiger partial charge in [-0.3, -0.25) is 4.79 Å². The maximum atomic E-state index is 11.0. The predicted octanol–water partition coefficient (Wildman–Crippen LogP) is 2.83. The summed E-state index contributed by atoms with van der Waals surface area (Å²) in [6, 6.07) is 7.90. The molecule has 1 N–H and O–H groups in total. The Morgan fingerprint density at radius 1 is 1.58 bits per heavy atom. The molecule has 0 aliphatic heterocycles. The van der Waals surface area contributed by atoms with Gasteiger partial charge < -0.3 is 10.0 Å². The van der Waals surface area contributed by atoms with Crippen LogP contribution in [0.1, 0.15) is 19.4 Å². The number of carbonyl (C=O) groups is 1. The molecule has 0 radical (unpaired) electrons. The van der Waals surface area contributed by atoms with Crippen molar-refractivity contribution in [2.75, 3.05) is 24.2 Å². The van der Waals surface area contributed by atoms with Crippen LogP contribution in [-0.4, -0.2) is 30.4 Å². The van der Waals surface area contributed by atoms with E-state index in [1.54, 1.807) is 6.92 Å². The third-order valence-corrected chi connectivity index (χ3v) is 3.75. The highest BCUT2D eigenvalue weighted by atomic mass is 32.2. The van der Waals surface area contributed by atoms with E-state index in [1.807, 2.05) is 36.3 Å². The van der Waals surface area contributed by atoms with E-state index in [4.69, 9.17) is 5.11 Å². The van der Waals surface area contributed by atoms with E-state index >= 15 is 0 Å². The van der Waals surface area contributed by atoms with E-state index in [1.165, 1.54) is 11.8 Å². The van der Waals surface area contributed by atoms with Gasteiger partial charge in [-0.25, -0.2) is 0 Å². The molecule has 0 saturated heterocycles. The van der Waals surface area contributed by atoms with Crippen molar-refractivity contribution < 1.29 is 9.90 Å². The fourth-order valence-corrected chi connectivity index (χ4v) is 2.44. The molecule has 1 aromatic carbocycles. The molecule has 19 heavy (non-hydrogen) atoms. The highest BCUT2D eigenvalue weighted by Crippen LogP contribution is 2.29. The number of carboxylic acids is 1. The Balaban J connectivity index is 3.12. The quantitative estimate of drug-likeness (QED) is 0.811. The van der Waals surface area contributed by atoms with Crippen molar-refractivity contribution in [1.29, 1.82) is 5.26 Å². The average molecular weight is 278 g/mol. The van der Waals surface area contributed by atoms with E-state index in [-0.39, 0.29) is 0 Å². The Morgan fingerprint density at radius 2 is 2.26 bits per heavy atom. The Kier molecular flexibility index (Phi) is 5.71. The molecule has 0 bridgehead atoms. The number of thioether (sulfide) groups is 1. The van der Waals surface area contributed by atoms with Crippen LogP contribution in [0.25, 0.3) is 0 Å². The lowest BCUT2D eigenvalue weighted by molar-refractivity contribution is -0.140. The minimum absolute atomic E-state index is 0.401. The van der Waals surface area contributed by atoms with Crippen molar-refractivity contribution in [3.8, 4) is 6.07 Å². The summed E-state index contributed by atoms with van der Waals surface area (Å²) in [5, 5.41) is 18.3. The molecular formula is C14H18N2O2S. The van der Waals surface area contributed by atoms with Gasteiger partial charge in [0.2, 0.25) is 0 Å². The van der Waals surface area contributed by atoms with Gasteiger partial charge in [-0.05, 0) is 25.3 Å². The topological polar surface area (TPSA) is 64.3 Å². The molecule has 0 spiro atoms. The van der Waals surface area contributed by atoms with Crippen molar-refractivity contribution in [3.05, 3.63) is 23.8 Å². The van der Waals surface area contributed by atoms with Crippen molar-refractivity contribution in [1.82, 2.24) is 0 Å². The molecule has 1 unspecified atom stereocenters. The van der Waals surface area contributed by atoms with Crippen LogP contribution in [-0.2, 0) is 4.79 Å². The van der Waals surface area contributed by atoms with Crippen LogP contribution in [0, 0.1) is 17.2 Å². The maximum absolute atomic E-state index is 11.0. The summed E-state index contributed by atoms with van der Waals surface area (Å²) in [7, 11) is 0. The SMILES string of the molecule is CCN(CC(C)C(=O)O)c1cccc(SC)c1C#N. The van der Waals surface area contributed by atoms with Gasteiger partial charge in [-0.15, -0.1) is 11.8 Å². The van der Waals surface area contributed by atoms with Gasteiger partial charge in [0.05, 0.1) is 17.2 Å². The maximum Gasteiger partial charge on any atom is 0.308 e. The molecule has 1 rings (SSSR count). The Hall–Kier alpha value is -1.67. The van der Waals surface area contributed by atoms with Gasteiger partial charge in [0.25, 0.3) is 0 Å². The molecule has 0 aromatic heterocycles. The monoisotopic (exact) mass is 278 g/mol. The largest absolute Gasteiger partial charge is 0.481 e. The third-order valence-electron chi connectivity index (χ3n) is 2.97. The van der Waals surface area contributed by atoms with Crippen molar-refractivity contribution in [2.45, 2.75) is 18.7 Å². The molecule has 1 atom stereocenters. The fraction of sp³-hybridized carbons (Fsp3) is 0.429. The summed E-state index contributed by atoms with van der Waals surface area (Å²) in [4.78, 5) is 13.8. The minimum atomic E-state index is -0.821. The first-order chi connectivity index (χ1) is 9.04. The number of anilines is 1. The lowest BCUT2D eigenvalue weighted by Crippen LogP contribution is -2.32. The average Bonchev–Trinajstić information content (AvgIpc) is 2.43. The third kappa shape index (κ3) is 3.65. The van der Waals surface area contributed by atoms with Crippen molar-refractivity contribution in [2.24, 2.45) is 5.92 Å². The normalized spacial score (nSPS) is 11.7. The van der Waals surface area contributed by atoms with E-state index in [2.05, 4.69) is 6.07 Å². The number of benzene rings is 1. The van der Waals surface area contributed by atoms with Gasteiger partial charge >= 0.3 is 5.97 Å². The molecule has 4 nitrogen and oxygen atoms in total. The van der Waals surface area contributed by atoms with Gasteiger partial charge in [-0.1, -0.05) is 13.0 Å². The number of aliphatic carboxylic acids is 1. The van der Waals surface area contributed by atoms with Crippen molar-refractivity contribution in [3.63, 3.8) is 0 Å². The number of nitrogens with zero attached hydrogens (tertiary/aromatic N) is 2. The molecule has 0 fully saturated rings. The summed E-state index contributed by atoms with van der Waals surface area (Å²) >= 11 is 1.52. The second-order valence-electron chi connectivity index (χ2n) is 4.24. The van der Waals surface area contributed by atoms with E-state index < -0.39 is 11.9 Å².